The molecule has 0 aromatic heterocycles. The topological polar surface area (TPSA) is 35.5 Å². The average Bonchev–Trinajstić information content (AvgIpc) is 2.07. The minimum atomic E-state index is -0.199. The van der Waals surface area contributed by atoms with Crippen LogP contribution >= 0.6 is 0 Å². The average molecular weight is 174 g/mol. The molecule has 74 valence electrons. The lowest BCUT2D eigenvalue weighted by Gasteiger charge is -2.19. The molecule has 0 aromatic rings. The van der Waals surface area contributed by atoms with Gasteiger partial charge in [-0.3, -0.25) is 0 Å². The first-order valence-electron chi connectivity index (χ1n) is 4.79. The van der Waals surface area contributed by atoms with Gasteiger partial charge in [-0.2, -0.15) is 0 Å². The molecular weight excluding hydrogens is 152 g/mol. The molecule has 0 saturated heterocycles. The lowest BCUT2D eigenvalue weighted by Crippen LogP contribution is -2.30. The van der Waals surface area contributed by atoms with Crippen LogP contribution in [0.15, 0.2) is 0 Å². The molecule has 0 aliphatic rings. The number of aliphatic hydroxyl groups is 1. The zero-order valence-corrected chi connectivity index (χ0v) is 8.51. The monoisotopic (exact) mass is 174 g/mol. The fourth-order valence-corrected chi connectivity index (χ4v) is 1.21. The van der Waals surface area contributed by atoms with Crippen molar-refractivity contribution in [1.82, 2.24) is 10.2 Å². The Morgan fingerprint density at radius 2 is 1.92 bits per heavy atom. The van der Waals surface area contributed by atoms with Crippen molar-refractivity contribution in [3.63, 3.8) is 0 Å². The van der Waals surface area contributed by atoms with Gasteiger partial charge in [0, 0.05) is 13.1 Å². The minimum absolute atomic E-state index is 0.199. The third-order valence-corrected chi connectivity index (χ3v) is 2.11. The summed E-state index contributed by atoms with van der Waals surface area (Å²) in [6, 6.07) is 0. The van der Waals surface area contributed by atoms with Gasteiger partial charge in [-0.1, -0.05) is 13.8 Å². The van der Waals surface area contributed by atoms with Crippen LogP contribution < -0.4 is 5.32 Å². The third-order valence-electron chi connectivity index (χ3n) is 2.11. The Labute approximate surface area is 75.8 Å². The molecule has 12 heavy (non-hydrogen) atoms. The maximum Gasteiger partial charge on any atom is 0.0676 e. The molecule has 1 atom stereocenters. The summed E-state index contributed by atoms with van der Waals surface area (Å²) in [7, 11) is 1.86. The van der Waals surface area contributed by atoms with E-state index in [4.69, 9.17) is 0 Å². The quantitative estimate of drug-likeness (QED) is 0.582. The van der Waals surface area contributed by atoms with Gasteiger partial charge in [0.05, 0.1) is 6.10 Å². The minimum Gasteiger partial charge on any atom is -0.392 e. The van der Waals surface area contributed by atoms with Crippen LogP contribution in [-0.4, -0.2) is 49.3 Å². The molecule has 0 aromatic carbocycles. The highest BCUT2D eigenvalue weighted by Crippen LogP contribution is 1.94. The summed E-state index contributed by atoms with van der Waals surface area (Å²) in [6.07, 6.45) is 0.665. The van der Waals surface area contributed by atoms with Crippen LogP contribution in [0.3, 0.4) is 0 Å². The zero-order chi connectivity index (χ0) is 9.40. The van der Waals surface area contributed by atoms with E-state index in [0.717, 1.165) is 26.1 Å². The second kappa shape index (κ2) is 7.53. The molecular formula is C9H22N2O. The first-order chi connectivity index (χ1) is 5.74. The summed E-state index contributed by atoms with van der Waals surface area (Å²) in [5.41, 5.74) is 0. The molecule has 0 heterocycles. The smallest absolute Gasteiger partial charge is 0.0676 e. The van der Waals surface area contributed by atoms with Gasteiger partial charge in [-0.05, 0) is 26.6 Å². The summed E-state index contributed by atoms with van der Waals surface area (Å²) in [5.74, 6) is 0. The molecule has 1 unspecified atom stereocenters. The van der Waals surface area contributed by atoms with Gasteiger partial charge in [-0.15, -0.1) is 0 Å². The Balaban J connectivity index is 3.37. The van der Waals surface area contributed by atoms with E-state index in [9.17, 15) is 5.11 Å². The maximum atomic E-state index is 9.40. The molecule has 3 heteroatoms. The van der Waals surface area contributed by atoms with Crippen molar-refractivity contribution in [2.24, 2.45) is 0 Å². The fourth-order valence-electron chi connectivity index (χ4n) is 1.21. The fraction of sp³-hybridized carbons (Fsp3) is 1.00. The van der Waals surface area contributed by atoms with E-state index in [1.165, 1.54) is 0 Å². The lowest BCUT2D eigenvalue weighted by molar-refractivity contribution is 0.143. The van der Waals surface area contributed by atoms with Gasteiger partial charge in [0.2, 0.25) is 0 Å². The number of aliphatic hydroxyl groups excluding tert-OH is 1. The van der Waals surface area contributed by atoms with Crippen molar-refractivity contribution < 1.29 is 5.11 Å². The van der Waals surface area contributed by atoms with Crippen LogP contribution in [0.25, 0.3) is 0 Å². The van der Waals surface area contributed by atoms with E-state index in [2.05, 4.69) is 24.1 Å². The molecule has 0 radical (unpaired) electrons. The van der Waals surface area contributed by atoms with Crippen LogP contribution in [0, 0.1) is 0 Å². The van der Waals surface area contributed by atoms with E-state index in [0.29, 0.717) is 6.54 Å². The van der Waals surface area contributed by atoms with E-state index < -0.39 is 0 Å². The van der Waals surface area contributed by atoms with Crippen LogP contribution in [0.5, 0.6) is 0 Å². The van der Waals surface area contributed by atoms with Gasteiger partial charge in [0.25, 0.3) is 0 Å². The number of hydrogen-bond acceptors (Lipinski definition) is 3. The number of likely N-dealkylation sites (N-methyl/N-ethyl adjacent to an activating group) is 1. The Morgan fingerprint density at radius 1 is 1.33 bits per heavy atom. The summed E-state index contributed by atoms with van der Waals surface area (Å²) in [6.45, 7) is 8.13. The highest BCUT2D eigenvalue weighted by molar-refractivity contribution is 4.61. The lowest BCUT2D eigenvalue weighted by atomic mass is 10.2. The van der Waals surface area contributed by atoms with Gasteiger partial charge in [-0.25, -0.2) is 0 Å². The first-order valence-corrected chi connectivity index (χ1v) is 4.79. The molecule has 3 nitrogen and oxygen atoms in total. The second-order valence-electron chi connectivity index (χ2n) is 3.03. The van der Waals surface area contributed by atoms with E-state index in [1.54, 1.807) is 0 Å². The number of hydrogen-bond donors (Lipinski definition) is 2. The third kappa shape index (κ3) is 5.52. The Morgan fingerprint density at radius 3 is 2.33 bits per heavy atom. The molecule has 2 N–H and O–H groups in total. The van der Waals surface area contributed by atoms with Crippen molar-refractivity contribution in [3.05, 3.63) is 0 Å². The van der Waals surface area contributed by atoms with Gasteiger partial charge in [0.1, 0.15) is 0 Å². The van der Waals surface area contributed by atoms with E-state index in [1.807, 2.05) is 7.05 Å². The van der Waals surface area contributed by atoms with Gasteiger partial charge >= 0.3 is 0 Å². The van der Waals surface area contributed by atoms with Gasteiger partial charge in [0.15, 0.2) is 0 Å². The van der Waals surface area contributed by atoms with Crippen LogP contribution in [0.1, 0.15) is 20.3 Å². The van der Waals surface area contributed by atoms with E-state index >= 15 is 0 Å². The number of rotatable bonds is 7. The van der Waals surface area contributed by atoms with Crippen LogP contribution in [0.4, 0.5) is 0 Å². The molecule has 0 bridgehead atoms. The maximum absolute atomic E-state index is 9.40. The highest BCUT2D eigenvalue weighted by Gasteiger charge is 2.04. The molecule has 0 aliphatic heterocycles. The molecule has 0 amide bonds. The second-order valence-corrected chi connectivity index (χ2v) is 3.03. The summed E-state index contributed by atoms with van der Waals surface area (Å²) in [5, 5.41) is 12.4. The molecule has 0 rings (SSSR count). The SMILES string of the molecule is CCN(CC)CCC(O)CNC. The first kappa shape index (κ1) is 11.9. The van der Waals surface area contributed by atoms with Crippen molar-refractivity contribution in [2.75, 3.05) is 33.2 Å². The Kier molecular flexibility index (Phi) is 7.45. The van der Waals surface area contributed by atoms with Gasteiger partial charge < -0.3 is 15.3 Å². The Hall–Kier alpha value is -0.120. The Bertz CT molecular complexity index is 94.5. The van der Waals surface area contributed by atoms with Crippen LogP contribution in [0.2, 0.25) is 0 Å². The summed E-state index contributed by atoms with van der Waals surface area (Å²) in [4.78, 5) is 2.32. The number of nitrogens with zero attached hydrogens (tertiary/aromatic N) is 1. The highest BCUT2D eigenvalue weighted by atomic mass is 16.3. The number of nitrogens with one attached hydrogen (secondary N) is 1. The summed E-state index contributed by atoms with van der Waals surface area (Å²) < 4.78 is 0. The zero-order valence-electron chi connectivity index (χ0n) is 8.51. The normalized spacial score (nSPS) is 13.8. The summed E-state index contributed by atoms with van der Waals surface area (Å²) >= 11 is 0. The molecule has 0 fully saturated rings. The predicted octanol–water partition coefficient (Wildman–Crippen LogP) is 0.299. The van der Waals surface area contributed by atoms with Crippen molar-refractivity contribution in [3.8, 4) is 0 Å². The van der Waals surface area contributed by atoms with Crippen molar-refractivity contribution in [2.45, 2.75) is 26.4 Å². The van der Waals surface area contributed by atoms with E-state index in [-0.39, 0.29) is 6.10 Å². The standard InChI is InChI=1S/C9H22N2O/c1-4-11(5-2)7-6-9(12)8-10-3/h9-10,12H,4-8H2,1-3H3. The molecule has 0 saturated carbocycles. The van der Waals surface area contributed by atoms with Crippen molar-refractivity contribution in [1.29, 1.82) is 0 Å². The van der Waals surface area contributed by atoms with Crippen LogP contribution in [-0.2, 0) is 0 Å². The van der Waals surface area contributed by atoms with Crippen molar-refractivity contribution >= 4 is 0 Å². The molecule has 0 spiro atoms. The molecule has 0 aliphatic carbocycles. The predicted molar refractivity (Wildman–Crippen MR) is 52.3 cm³/mol. The largest absolute Gasteiger partial charge is 0.392 e.